The number of methoxy groups -OCH3 is 1. The smallest absolute Gasteiger partial charge is 0.250 e. The van der Waals surface area contributed by atoms with Crippen LogP contribution in [0, 0.1) is 0 Å². The third kappa shape index (κ3) is 4.80. The molecule has 6 nitrogen and oxygen atoms in total. The van der Waals surface area contributed by atoms with Gasteiger partial charge in [-0.1, -0.05) is 17.4 Å². The first-order valence-corrected chi connectivity index (χ1v) is 9.78. The van der Waals surface area contributed by atoms with Crippen molar-refractivity contribution in [2.45, 2.75) is 13.8 Å². The molecular weight excluding hydrogens is 376 g/mol. The van der Waals surface area contributed by atoms with E-state index in [1.165, 1.54) is 17.4 Å². The number of nitrogens with zero attached hydrogens (tertiary/aromatic N) is 1. The third-order valence-corrected chi connectivity index (χ3v) is 4.75. The summed E-state index contributed by atoms with van der Waals surface area (Å²) in [6.45, 7) is 4.94. The van der Waals surface area contributed by atoms with Crippen LogP contribution in [0.4, 0.5) is 5.13 Å². The van der Waals surface area contributed by atoms with E-state index in [0.29, 0.717) is 29.8 Å². The van der Waals surface area contributed by atoms with Crippen molar-refractivity contribution in [3.05, 3.63) is 48.0 Å². The van der Waals surface area contributed by atoms with Crippen LogP contribution in [0.15, 0.2) is 42.5 Å². The summed E-state index contributed by atoms with van der Waals surface area (Å²) in [5.41, 5.74) is 1.66. The molecule has 1 amide bonds. The maximum Gasteiger partial charge on any atom is 0.250 e. The summed E-state index contributed by atoms with van der Waals surface area (Å²) in [7, 11) is 1.62. The molecule has 0 unspecified atom stereocenters. The molecule has 0 spiro atoms. The predicted molar refractivity (Wildman–Crippen MR) is 113 cm³/mol. The summed E-state index contributed by atoms with van der Waals surface area (Å²) >= 11 is 1.40. The Bertz CT molecular complexity index is 997. The molecule has 3 rings (SSSR count). The van der Waals surface area contributed by atoms with Gasteiger partial charge in [0, 0.05) is 6.08 Å². The molecule has 0 saturated heterocycles. The number of nitrogens with one attached hydrogen (secondary N) is 1. The molecule has 0 bridgehead atoms. The van der Waals surface area contributed by atoms with Crippen molar-refractivity contribution in [1.82, 2.24) is 4.98 Å². The highest BCUT2D eigenvalue weighted by molar-refractivity contribution is 7.22. The molecule has 0 radical (unpaired) electrons. The molecule has 1 aromatic heterocycles. The fraction of sp³-hybridized carbons (Fsp3) is 0.238. The zero-order valence-corrected chi connectivity index (χ0v) is 16.8. The Morgan fingerprint density at radius 1 is 1.11 bits per heavy atom. The molecule has 0 atom stereocenters. The van der Waals surface area contributed by atoms with Crippen LogP contribution in [0.3, 0.4) is 0 Å². The van der Waals surface area contributed by atoms with E-state index in [2.05, 4.69) is 10.3 Å². The summed E-state index contributed by atoms with van der Waals surface area (Å²) in [6.07, 6.45) is 3.20. The molecule has 0 fully saturated rings. The van der Waals surface area contributed by atoms with Crippen LogP contribution < -0.4 is 19.5 Å². The van der Waals surface area contributed by atoms with Gasteiger partial charge >= 0.3 is 0 Å². The number of benzene rings is 2. The van der Waals surface area contributed by atoms with Crippen LogP contribution in [0.2, 0.25) is 0 Å². The van der Waals surface area contributed by atoms with Crippen LogP contribution in [-0.4, -0.2) is 31.2 Å². The highest BCUT2D eigenvalue weighted by Gasteiger charge is 2.08. The van der Waals surface area contributed by atoms with E-state index < -0.39 is 0 Å². The van der Waals surface area contributed by atoms with E-state index in [1.54, 1.807) is 13.2 Å². The van der Waals surface area contributed by atoms with Crippen LogP contribution >= 0.6 is 11.3 Å². The molecule has 0 saturated carbocycles. The van der Waals surface area contributed by atoms with Crippen molar-refractivity contribution in [1.29, 1.82) is 0 Å². The van der Waals surface area contributed by atoms with Gasteiger partial charge in [-0.05, 0) is 55.8 Å². The number of carbonyl (C=O) groups excluding carboxylic acids is 1. The Morgan fingerprint density at radius 3 is 2.64 bits per heavy atom. The van der Waals surface area contributed by atoms with Gasteiger partial charge in [0.25, 0.3) is 0 Å². The largest absolute Gasteiger partial charge is 0.497 e. The lowest BCUT2D eigenvalue weighted by Gasteiger charge is -2.11. The average Bonchev–Trinajstić information content (AvgIpc) is 3.09. The van der Waals surface area contributed by atoms with Gasteiger partial charge in [0.2, 0.25) is 5.91 Å². The standard InChI is InChI=1S/C21H22N2O4S/c1-4-26-17-10-6-14(12-18(17)27-5-2)7-11-20(24)23-21-22-16-9-8-15(25-3)13-19(16)28-21/h6-13H,4-5H2,1-3H3,(H,22,23,24). The highest BCUT2D eigenvalue weighted by atomic mass is 32.1. The molecule has 146 valence electrons. The average molecular weight is 398 g/mol. The molecule has 0 aliphatic heterocycles. The minimum atomic E-state index is -0.252. The number of aromatic nitrogens is 1. The van der Waals surface area contributed by atoms with Gasteiger partial charge in [-0.25, -0.2) is 4.98 Å². The van der Waals surface area contributed by atoms with Gasteiger partial charge in [0.1, 0.15) is 5.75 Å². The number of anilines is 1. The van der Waals surface area contributed by atoms with Gasteiger partial charge in [-0.2, -0.15) is 0 Å². The summed E-state index contributed by atoms with van der Waals surface area (Å²) < 4.78 is 17.3. The van der Waals surface area contributed by atoms with Gasteiger partial charge in [0.15, 0.2) is 16.6 Å². The fourth-order valence-corrected chi connectivity index (χ4v) is 3.47. The number of ether oxygens (including phenoxy) is 3. The van der Waals surface area contributed by atoms with E-state index in [0.717, 1.165) is 21.5 Å². The van der Waals surface area contributed by atoms with Gasteiger partial charge in [-0.3, -0.25) is 10.1 Å². The van der Waals surface area contributed by atoms with E-state index in [-0.39, 0.29) is 5.91 Å². The fourth-order valence-electron chi connectivity index (χ4n) is 2.58. The Kier molecular flexibility index (Phi) is 6.49. The van der Waals surface area contributed by atoms with Gasteiger partial charge in [0.05, 0.1) is 30.5 Å². The molecule has 2 aromatic carbocycles. The molecule has 1 N–H and O–H groups in total. The predicted octanol–water partition coefficient (Wildman–Crippen LogP) is 4.75. The van der Waals surface area contributed by atoms with E-state index in [9.17, 15) is 4.79 Å². The summed E-state index contributed by atoms with van der Waals surface area (Å²) in [6, 6.07) is 11.2. The molecule has 3 aromatic rings. The van der Waals surface area contributed by atoms with Crippen molar-refractivity contribution in [3.8, 4) is 17.2 Å². The highest BCUT2D eigenvalue weighted by Crippen LogP contribution is 2.30. The maximum atomic E-state index is 12.3. The van der Waals surface area contributed by atoms with Crippen molar-refractivity contribution >= 4 is 38.7 Å². The second kappa shape index (κ2) is 9.23. The number of fused-ring (bicyclic) bond motifs is 1. The monoisotopic (exact) mass is 398 g/mol. The summed E-state index contributed by atoms with van der Waals surface area (Å²) in [5, 5.41) is 3.34. The summed E-state index contributed by atoms with van der Waals surface area (Å²) in [4.78, 5) is 16.7. The van der Waals surface area contributed by atoms with Crippen LogP contribution in [-0.2, 0) is 4.79 Å². The number of thiazole rings is 1. The lowest BCUT2D eigenvalue weighted by molar-refractivity contribution is -0.111. The van der Waals surface area contributed by atoms with Crippen molar-refractivity contribution < 1.29 is 19.0 Å². The Balaban J connectivity index is 1.70. The number of hydrogen-bond acceptors (Lipinski definition) is 6. The van der Waals surface area contributed by atoms with Crippen LogP contribution in [0.5, 0.6) is 17.2 Å². The lowest BCUT2D eigenvalue weighted by Crippen LogP contribution is -2.07. The first-order valence-electron chi connectivity index (χ1n) is 8.96. The second-order valence-electron chi connectivity index (χ2n) is 5.75. The van der Waals surface area contributed by atoms with E-state index in [1.807, 2.05) is 50.2 Å². The SMILES string of the molecule is CCOc1ccc(C=CC(=O)Nc2nc3ccc(OC)cc3s2)cc1OCC. The minimum absolute atomic E-state index is 0.252. The minimum Gasteiger partial charge on any atom is -0.497 e. The van der Waals surface area contributed by atoms with E-state index >= 15 is 0 Å². The molecule has 7 heteroatoms. The zero-order valence-electron chi connectivity index (χ0n) is 16.0. The number of hydrogen-bond donors (Lipinski definition) is 1. The quantitative estimate of drug-likeness (QED) is 0.554. The zero-order chi connectivity index (χ0) is 19.9. The maximum absolute atomic E-state index is 12.3. The van der Waals surface area contributed by atoms with Crippen molar-refractivity contribution in [2.24, 2.45) is 0 Å². The number of rotatable bonds is 8. The second-order valence-corrected chi connectivity index (χ2v) is 6.78. The third-order valence-electron chi connectivity index (χ3n) is 3.82. The molecule has 28 heavy (non-hydrogen) atoms. The molecule has 0 aliphatic carbocycles. The van der Waals surface area contributed by atoms with Crippen LogP contribution in [0.25, 0.3) is 16.3 Å². The Morgan fingerprint density at radius 2 is 1.89 bits per heavy atom. The molecule has 0 aliphatic rings. The van der Waals surface area contributed by atoms with E-state index in [4.69, 9.17) is 14.2 Å². The molecule has 1 heterocycles. The first kappa shape index (κ1) is 19.7. The first-order chi connectivity index (χ1) is 13.6. The van der Waals surface area contributed by atoms with Crippen molar-refractivity contribution in [3.63, 3.8) is 0 Å². The van der Waals surface area contributed by atoms with Gasteiger partial charge in [-0.15, -0.1) is 0 Å². The number of amides is 1. The van der Waals surface area contributed by atoms with Gasteiger partial charge < -0.3 is 14.2 Å². The van der Waals surface area contributed by atoms with Crippen LogP contribution in [0.1, 0.15) is 19.4 Å². The number of carbonyl (C=O) groups is 1. The Labute approximate surface area is 167 Å². The van der Waals surface area contributed by atoms with Crippen molar-refractivity contribution in [2.75, 3.05) is 25.6 Å². The normalized spacial score (nSPS) is 11.0. The topological polar surface area (TPSA) is 69.7 Å². The summed E-state index contributed by atoms with van der Waals surface area (Å²) in [5.74, 6) is 1.86. The lowest BCUT2D eigenvalue weighted by atomic mass is 10.2. The Hall–Kier alpha value is -3.06. The molecular formula is C21H22N2O4S.